The molecule has 2 aliphatic rings. The number of carboxylic acid groups (broad SMARTS) is 1. The normalized spacial score (nSPS) is 23.8. The number of Topliss-reactive ketones (excluding diaryl/α,β-unsaturated/α-hetero) is 1. The fraction of sp³-hybridized carbons (Fsp3) is 0.308. The van der Waals surface area contributed by atoms with Crippen LogP contribution in [0.3, 0.4) is 0 Å². The number of carbonyl (C=O) groups is 2. The summed E-state index contributed by atoms with van der Waals surface area (Å²) in [6.45, 7) is 0. The summed E-state index contributed by atoms with van der Waals surface area (Å²) in [6, 6.07) is 3.36. The minimum absolute atomic E-state index is 0.126. The Balaban J connectivity index is 1.89. The second-order valence-corrected chi connectivity index (χ2v) is 5.04. The number of aliphatic carboxylic acids is 1. The van der Waals surface area contributed by atoms with Crippen molar-refractivity contribution in [2.75, 3.05) is 0 Å². The number of rotatable bonds is 3. The summed E-state index contributed by atoms with van der Waals surface area (Å²) in [4.78, 5) is 27.0. The van der Waals surface area contributed by atoms with Crippen molar-refractivity contribution in [3.05, 3.63) is 28.3 Å². The largest absolute Gasteiger partial charge is 0.481 e. The number of carbonyl (C=O) groups excluding carboxylic acids is 1. The van der Waals surface area contributed by atoms with Crippen LogP contribution in [0.25, 0.3) is 0 Å². The van der Waals surface area contributed by atoms with Gasteiger partial charge in [-0.1, -0.05) is 11.6 Å². The first-order valence-electron chi connectivity index (χ1n) is 5.70. The molecule has 5 heteroatoms. The van der Waals surface area contributed by atoms with Crippen LogP contribution in [0.1, 0.15) is 22.3 Å². The Bertz CT molecular complexity index is 594. The van der Waals surface area contributed by atoms with Gasteiger partial charge in [0.25, 0.3) is 0 Å². The Labute approximate surface area is 108 Å². The van der Waals surface area contributed by atoms with Gasteiger partial charge in [-0.3, -0.25) is 14.6 Å². The van der Waals surface area contributed by atoms with Crippen molar-refractivity contribution in [1.82, 2.24) is 0 Å². The number of fused-ring (bicyclic) bond motifs is 1. The van der Waals surface area contributed by atoms with Gasteiger partial charge in [0.15, 0.2) is 5.78 Å². The highest BCUT2D eigenvalue weighted by molar-refractivity contribution is 6.34. The van der Waals surface area contributed by atoms with Crippen LogP contribution in [0, 0.1) is 11.8 Å². The lowest BCUT2D eigenvalue weighted by Gasteiger charge is -2.05. The predicted octanol–water partition coefficient (Wildman–Crippen LogP) is 2.50. The highest BCUT2D eigenvalue weighted by Gasteiger charge is 2.48. The number of halogens is 1. The number of nitrogens with zero attached hydrogens (tertiary/aromatic N) is 1. The van der Waals surface area contributed by atoms with Crippen LogP contribution in [-0.4, -0.2) is 23.1 Å². The summed E-state index contributed by atoms with van der Waals surface area (Å²) in [5.41, 5.74) is 2.15. The lowest BCUT2D eigenvalue weighted by Crippen LogP contribution is -2.08. The van der Waals surface area contributed by atoms with Gasteiger partial charge in [-0.2, -0.15) is 0 Å². The average molecular weight is 264 g/mol. The summed E-state index contributed by atoms with van der Waals surface area (Å²) in [5, 5.41) is 9.29. The Hall–Kier alpha value is -1.68. The van der Waals surface area contributed by atoms with Crippen molar-refractivity contribution < 1.29 is 14.7 Å². The number of ketones is 1. The number of hydrogen-bond acceptors (Lipinski definition) is 3. The molecule has 0 radical (unpaired) electrons. The zero-order chi connectivity index (χ0) is 12.9. The van der Waals surface area contributed by atoms with E-state index in [2.05, 4.69) is 4.99 Å². The van der Waals surface area contributed by atoms with Crippen LogP contribution < -0.4 is 0 Å². The van der Waals surface area contributed by atoms with Crippen LogP contribution in [-0.2, 0) is 11.2 Å². The van der Waals surface area contributed by atoms with Gasteiger partial charge in [-0.05, 0) is 24.1 Å². The van der Waals surface area contributed by atoms with E-state index in [0.717, 1.165) is 11.3 Å². The molecule has 1 aromatic rings. The number of hydrogen-bond donors (Lipinski definition) is 1. The molecule has 1 aliphatic heterocycles. The zero-order valence-corrected chi connectivity index (χ0v) is 10.1. The molecule has 0 unspecified atom stereocenters. The molecule has 0 saturated heterocycles. The molecule has 1 aliphatic carbocycles. The minimum atomic E-state index is -0.899. The lowest BCUT2D eigenvalue weighted by atomic mass is 10.0. The smallest absolute Gasteiger partial charge is 0.307 e. The fourth-order valence-electron chi connectivity index (χ4n) is 2.31. The van der Waals surface area contributed by atoms with E-state index in [0.29, 0.717) is 23.4 Å². The molecule has 0 aromatic heterocycles. The van der Waals surface area contributed by atoms with E-state index >= 15 is 0 Å². The van der Waals surface area contributed by atoms with Crippen molar-refractivity contribution in [3.8, 4) is 0 Å². The molecule has 2 atom stereocenters. The molecular weight excluding hydrogens is 254 g/mol. The molecule has 1 fully saturated rings. The maximum absolute atomic E-state index is 12.1. The van der Waals surface area contributed by atoms with Gasteiger partial charge in [0.1, 0.15) is 0 Å². The van der Waals surface area contributed by atoms with E-state index in [-0.39, 0.29) is 11.7 Å². The molecule has 1 heterocycles. The van der Waals surface area contributed by atoms with Crippen LogP contribution in [0.4, 0.5) is 5.69 Å². The van der Waals surface area contributed by atoms with Gasteiger partial charge < -0.3 is 5.11 Å². The van der Waals surface area contributed by atoms with Crippen molar-refractivity contribution in [1.29, 1.82) is 0 Å². The van der Waals surface area contributed by atoms with Gasteiger partial charge in [0.05, 0.1) is 16.6 Å². The highest BCUT2D eigenvalue weighted by atomic mass is 35.5. The maximum atomic E-state index is 12.1. The van der Waals surface area contributed by atoms with Crippen LogP contribution >= 0.6 is 11.6 Å². The minimum Gasteiger partial charge on any atom is -0.481 e. The summed E-state index contributed by atoms with van der Waals surface area (Å²) < 4.78 is 0. The molecule has 1 N–H and O–H groups in total. The van der Waals surface area contributed by atoms with Gasteiger partial charge in [0, 0.05) is 24.1 Å². The Morgan fingerprint density at radius 3 is 2.78 bits per heavy atom. The Kier molecular flexibility index (Phi) is 2.48. The van der Waals surface area contributed by atoms with Crippen molar-refractivity contribution in [2.24, 2.45) is 16.8 Å². The molecule has 0 amide bonds. The summed E-state index contributed by atoms with van der Waals surface area (Å²) in [7, 11) is 0. The first-order chi connectivity index (χ1) is 8.58. The predicted molar refractivity (Wildman–Crippen MR) is 66.9 cm³/mol. The summed E-state index contributed by atoms with van der Waals surface area (Å²) in [5.74, 6) is -1.94. The summed E-state index contributed by atoms with van der Waals surface area (Å²) in [6.07, 6.45) is 2.85. The highest BCUT2D eigenvalue weighted by Crippen LogP contribution is 2.42. The zero-order valence-electron chi connectivity index (χ0n) is 9.39. The van der Waals surface area contributed by atoms with E-state index in [1.807, 2.05) is 0 Å². The van der Waals surface area contributed by atoms with Crippen LogP contribution in [0.15, 0.2) is 17.1 Å². The van der Waals surface area contributed by atoms with E-state index in [9.17, 15) is 9.59 Å². The third-order valence-corrected chi connectivity index (χ3v) is 3.69. The van der Waals surface area contributed by atoms with Crippen LogP contribution in [0.5, 0.6) is 0 Å². The van der Waals surface area contributed by atoms with E-state index < -0.39 is 11.9 Å². The molecule has 18 heavy (non-hydrogen) atoms. The standard InChI is InChI=1S/C13H10ClNO3/c14-10-4-7(3-6-1-2-15-11(6)10)12(16)8-5-9(8)13(17)18/h2-4,8-9H,1,5H2,(H,17,18)/t8-,9-/m0/s1. The molecule has 1 aromatic carbocycles. The molecule has 4 nitrogen and oxygen atoms in total. The van der Waals surface area contributed by atoms with Gasteiger partial charge in [-0.15, -0.1) is 0 Å². The topological polar surface area (TPSA) is 66.7 Å². The van der Waals surface area contributed by atoms with E-state index in [4.69, 9.17) is 16.7 Å². The summed E-state index contributed by atoms with van der Waals surface area (Å²) >= 11 is 6.06. The van der Waals surface area contributed by atoms with Crippen molar-refractivity contribution >= 4 is 35.3 Å². The molecule has 0 spiro atoms. The van der Waals surface area contributed by atoms with Gasteiger partial charge in [-0.25, -0.2) is 0 Å². The van der Waals surface area contributed by atoms with Gasteiger partial charge >= 0.3 is 5.97 Å². The Morgan fingerprint density at radius 1 is 1.33 bits per heavy atom. The monoisotopic (exact) mass is 263 g/mol. The molecule has 92 valence electrons. The first-order valence-corrected chi connectivity index (χ1v) is 6.07. The van der Waals surface area contributed by atoms with E-state index in [1.165, 1.54) is 0 Å². The maximum Gasteiger partial charge on any atom is 0.307 e. The number of benzene rings is 1. The second kappa shape index (κ2) is 3.92. The third-order valence-electron chi connectivity index (χ3n) is 3.40. The fourth-order valence-corrected chi connectivity index (χ4v) is 2.59. The quantitative estimate of drug-likeness (QED) is 0.852. The van der Waals surface area contributed by atoms with Gasteiger partial charge in [0.2, 0.25) is 0 Å². The number of aliphatic imine (C=N–C) groups is 1. The first kappa shape index (κ1) is 11.4. The Morgan fingerprint density at radius 2 is 2.11 bits per heavy atom. The average Bonchev–Trinajstić information content (AvgIpc) is 2.99. The second-order valence-electron chi connectivity index (χ2n) is 4.63. The lowest BCUT2D eigenvalue weighted by molar-refractivity contribution is -0.138. The van der Waals surface area contributed by atoms with E-state index in [1.54, 1.807) is 18.3 Å². The third kappa shape index (κ3) is 1.73. The molecule has 3 rings (SSSR count). The van der Waals surface area contributed by atoms with Crippen LogP contribution in [0.2, 0.25) is 5.02 Å². The SMILES string of the molecule is O=C(O)[C@H]1C[C@@H]1C(=O)c1cc(Cl)c2c(c1)CC=N2. The van der Waals surface area contributed by atoms with Crippen molar-refractivity contribution in [2.45, 2.75) is 12.8 Å². The number of carboxylic acids is 1. The van der Waals surface area contributed by atoms with Crippen molar-refractivity contribution in [3.63, 3.8) is 0 Å². The molecule has 0 bridgehead atoms. The molecular formula is C13H10ClNO3. The molecule has 1 saturated carbocycles.